The number of carbonyl (C=O) groups excluding carboxylic acids is 1. The molecule has 7 nitrogen and oxygen atoms in total. The van der Waals surface area contributed by atoms with Crippen LogP contribution in [-0.2, 0) is 17.8 Å². The number of rotatable bonds is 5. The molecule has 26 heavy (non-hydrogen) atoms. The lowest BCUT2D eigenvalue weighted by Crippen LogP contribution is -2.37. The highest BCUT2D eigenvalue weighted by Crippen LogP contribution is 2.35. The average molecular weight is 356 g/mol. The van der Waals surface area contributed by atoms with Gasteiger partial charge >= 0.3 is 0 Å². The Morgan fingerprint density at radius 3 is 2.85 bits per heavy atom. The summed E-state index contributed by atoms with van der Waals surface area (Å²) in [5.74, 6) is 2.28. The van der Waals surface area contributed by atoms with Gasteiger partial charge in [-0.15, -0.1) is 0 Å². The summed E-state index contributed by atoms with van der Waals surface area (Å²) in [5.41, 5.74) is 1.09. The second-order valence-electron chi connectivity index (χ2n) is 7.59. The van der Waals surface area contributed by atoms with Gasteiger partial charge in [-0.2, -0.15) is 5.10 Å². The number of amides is 1. The second kappa shape index (κ2) is 7.60. The van der Waals surface area contributed by atoms with Crippen molar-refractivity contribution >= 4 is 5.91 Å². The van der Waals surface area contributed by atoms with E-state index in [0.29, 0.717) is 5.91 Å². The van der Waals surface area contributed by atoms with Gasteiger partial charge in [0.05, 0.1) is 12.4 Å². The minimum Gasteiger partial charge on any atom is -0.348 e. The van der Waals surface area contributed by atoms with Crippen LogP contribution in [0.2, 0.25) is 0 Å². The molecule has 0 bridgehead atoms. The van der Waals surface area contributed by atoms with Gasteiger partial charge in [0, 0.05) is 37.3 Å². The smallest absolute Gasteiger partial charge is 0.226 e. The van der Waals surface area contributed by atoms with Gasteiger partial charge in [-0.25, -0.2) is 14.6 Å². The van der Waals surface area contributed by atoms with Crippen molar-refractivity contribution in [3.05, 3.63) is 29.9 Å². The molecule has 1 saturated carbocycles. The zero-order chi connectivity index (χ0) is 17.9. The summed E-state index contributed by atoms with van der Waals surface area (Å²) < 4.78 is 1.99. The predicted molar refractivity (Wildman–Crippen MR) is 97.3 cm³/mol. The van der Waals surface area contributed by atoms with Crippen molar-refractivity contribution in [2.45, 2.75) is 70.9 Å². The predicted octanol–water partition coefficient (Wildman–Crippen LogP) is 2.80. The van der Waals surface area contributed by atoms with Crippen molar-refractivity contribution in [1.29, 1.82) is 0 Å². The molecule has 2 fully saturated rings. The Morgan fingerprint density at radius 1 is 1.23 bits per heavy atom. The van der Waals surface area contributed by atoms with Crippen LogP contribution in [0.1, 0.15) is 68.3 Å². The van der Waals surface area contributed by atoms with Gasteiger partial charge in [-0.05, 0) is 32.6 Å². The molecule has 140 valence electrons. The van der Waals surface area contributed by atoms with E-state index in [4.69, 9.17) is 4.98 Å². The number of aryl methyl sites for hydroxylation is 3. The Kier molecular flexibility index (Phi) is 5.04. The van der Waals surface area contributed by atoms with Crippen molar-refractivity contribution in [2.75, 3.05) is 6.54 Å². The zero-order valence-corrected chi connectivity index (χ0v) is 15.5. The number of carbonyl (C=O) groups is 1. The second-order valence-corrected chi connectivity index (χ2v) is 7.59. The number of imidazole rings is 1. The molecule has 2 aromatic rings. The van der Waals surface area contributed by atoms with E-state index in [-0.39, 0.29) is 12.0 Å². The van der Waals surface area contributed by atoms with Crippen LogP contribution < -0.4 is 0 Å². The van der Waals surface area contributed by atoms with Crippen LogP contribution in [0.25, 0.3) is 0 Å². The van der Waals surface area contributed by atoms with Crippen molar-refractivity contribution in [3.8, 4) is 0 Å². The van der Waals surface area contributed by atoms with E-state index in [0.717, 1.165) is 62.5 Å². The molecule has 1 atom stereocenters. The molecule has 2 aliphatic rings. The molecule has 2 aromatic heterocycles. The topological polar surface area (TPSA) is 79.7 Å². The number of hydrogen-bond acceptors (Lipinski definition) is 4. The molecule has 0 unspecified atom stereocenters. The van der Waals surface area contributed by atoms with Gasteiger partial charge in [-0.3, -0.25) is 4.79 Å². The van der Waals surface area contributed by atoms with Crippen LogP contribution >= 0.6 is 0 Å². The van der Waals surface area contributed by atoms with Gasteiger partial charge in [0.15, 0.2) is 0 Å². The zero-order valence-electron chi connectivity index (χ0n) is 15.5. The van der Waals surface area contributed by atoms with E-state index in [1.165, 1.54) is 19.3 Å². The Labute approximate surface area is 154 Å². The van der Waals surface area contributed by atoms with Crippen LogP contribution in [0.4, 0.5) is 0 Å². The van der Waals surface area contributed by atoms with E-state index in [9.17, 15) is 4.79 Å². The monoisotopic (exact) mass is 356 g/mol. The molecular weight excluding hydrogens is 328 g/mol. The molecule has 1 aliphatic heterocycles. The highest BCUT2D eigenvalue weighted by molar-refractivity contribution is 5.79. The van der Waals surface area contributed by atoms with Crippen LogP contribution in [0.15, 0.2) is 12.5 Å². The minimum atomic E-state index is 0.0763. The Morgan fingerprint density at radius 2 is 2.08 bits per heavy atom. The normalized spacial score (nSPS) is 21.4. The lowest BCUT2D eigenvalue weighted by molar-refractivity contribution is -0.137. The lowest BCUT2D eigenvalue weighted by Gasteiger charge is -2.30. The van der Waals surface area contributed by atoms with Crippen LogP contribution in [0.5, 0.6) is 0 Å². The first-order valence-corrected chi connectivity index (χ1v) is 9.91. The summed E-state index contributed by atoms with van der Waals surface area (Å²) in [6.45, 7) is 3.53. The molecule has 7 heteroatoms. The molecule has 0 radical (unpaired) electrons. The highest BCUT2D eigenvalue weighted by atomic mass is 16.2. The molecule has 0 aromatic carbocycles. The van der Waals surface area contributed by atoms with E-state index in [1.807, 2.05) is 17.8 Å². The van der Waals surface area contributed by atoms with Crippen molar-refractivity contribution in [3.63, 3.8) is 0 Å². The van der Waals surface area contributed by atoms with Crippen molar-refractivity contribution in [2.24, 2.45) is 5.92 Å². The van der Waals surface area contributed by atoms with Gasteiger partial charge in [0.2, 0.25) is 5.91 Å². The molecule has 1 amide bonds. The molecule has 1 saturated heterocycles. The van der Waals surface area contributed by atoms with E-state index >= 15 is 0 Å². The van der Waals surface area contributed by atoms with E-state index in [2.05, 4.69) is 20.0 Å². The summed E-state index contributed by atoms with van der Waals surface area (Å²) in [5, 5.41) is 4.59. The summed E-state index contributed by atoms with van der Waals surface area (Å²) in [7, 11) is 0. The molecule has 3 heterocycles. The third kappa shape index (κ3) is 3.52. The van der Waals surface area contributed by atoms with Crippen LogP contribution in [0.3, 0.4) is 0 Å². The SMILES string of the molecule is Cc1nc([C@@H]2CCCN2C(=O)C2CCCCC2)n(CCc2cnc[nH]2)n1. The summed E-state index contributed by atoms with van der Waals surface area (Å²) in [6.07, 6.45) is 12.2. The van der Waals surface area contributed by atoms with Crippen molar-refractivity contribution in [1.82, 2.24) is 29.6 Å². The summed E-state index contributed by atoms with van der Waals surface area (Å²) in [6, 6.07) is 0.0763. The Balaban J connectivity index is 1.51. The van der Waals surface area contributed by atoms with Crippen molar-refractivity contribution < 1.29 is 4.79 Å². The molecular formula is C19H28N6O. The minimum absolute atomic E-state index is 0.0763. The van der Waals surface area contributed by atoms with Crippen LogP contribution in [0, 0.1) is 12.8 Å². The standard InChI is InChI=1S/C19H28N6O/c1-14-22-18(25(23-14)11-9-16-12-20-13-21-16)17-8-5-10-24(17)19(26)15-6-3-2-4-7-15/h12-13,15,17H,2-11H2,1H3,(H,20,21)/t17-/m0/s1. The van der Waals surface area contributed by atoms with E-state index in [1.54, 1.807) is 6.33 Å². The number of H-pyrrole nitrogens is 1. The number of likely N-dealkylation sites (tertiary alicyclic amines) is 1. The number of nitrogens with zero attached hydrogens (tertiary/aromatic N) is 5. The van der Waals surface area contributed by atoms with Crippen LogP contribution in [-0.4, -0.2) is 42.1 Å². The highest BCUT2D eigenvalue weighted by Gasteiger charge is 2.36. The lowest BCUT2D eigenvalue weighted by atomic mass is 9.88. The van der Waals surface area contributed by atoms with Gasteiger partial charge < -0.3 is 9.88 Å². The fourth-order valence-electron chi connectivity index (χ4n) is 4.41. The third-order valence-corrected chi connectivity index (χ3v) is 5.74. The summed E-state index contributed by atoms with van der Waals surface area (Å²) in [4.78, 5) is 27.1. The fourth-order valence-corrected chi connectivity index (χ4v) is 4.41. The third-order valence-electron chi connectivity index (χ3n) is 5.74. The first kappa shape index (κ1) is 17.2. The quantitative estimate of drug-likeness (QED) is 0.893. The number of aromatic amines is 1. The fraction of sp³-hybridized carbons (Fsp3) is 0.684. The maximum absolute atomic E-state index is 13.1. The maximum atomic E-state index is 13.1. The first-order chi connectivity index (χ1) is 12.7. The first-order valence-electron chi connectivity index (χ1n) is 9.91. The molecule has 4 rings (SSSR count). The molecule has 0 spiro atoms. The van der Waals surface area contributed by atoms with Gasteiger partial charge in [0.25, 0.3) is 0 Å². The largest absolute Gasteiger partial charge is 0.348 e. The molecule has 1 aliphatic carbocycles. The molecule has 1 N–H and O–H groups in total. The Bertz CT molecular complexity index is 731. The summed E-state index contributed by atoms with van der Waals surface area (Å²) >= 11 is 0. The van der Waals surface area contributed by atoms with Gasteiger partial charge in [0.1, 0.15) is 11.6 Å². The van der Waals surface area contributed by atoms with E-state index < -0.39 is 0 Å². The number of nitrogens with one attached hydrogen (secondary N) is 1. The Hall–Kier alpha value is -2.18. The average Bonchev–Trinajstić information content (AvgIpc) is 3.40. The number of hydrogen-bond donors (Lipinski definition) is 1. The van der Waals surface area contributed by atoms with Gasteiger partial charge in [-0.1, -0.05) is 19.3 Å². The maximum Gasteiger partial charge on any atom is 0.226 e. The number of aromatic nitrogens is 5.